The van der Waals surface area contributed by atoms with Gasteiger partial charge in [0.1, 0.15) is 0 Å². The summed E-state index contributed by atoms with van der Waals surface area (Å²) in [7, 11) is 1.45. The first kappa shape index (κ1) is 7.58. The van der Waals surface area contributed by atoms with E-state index in [0.717, 1.165) is 31.6 Å². The summed E-state index contributed by atoms with van der Waals surface area (Å²) in [5, 5.41) is 0. The van der Waals surface area contributed by atoms with Gasteiger partial charge in [-0.2, -0.15) is 0 Å². The number of ether oxygens (including phenoxy) is 1. The summed E-state index contributed by atoms with van der Waals surface area (Å²) < 4.78 is 4.61. The Balaban J connectivity index is 2.31. The van der Waals surface area contributed by atoms with Crippen LogP contribution in [0.5, 0.6) is 0 Å². The molecule has 0 unspecified atom stereocenters. The molecule has 0 saturated heterocycles. The molecule has 2 nitrogen and oxygen atoms in total. The molecule has 1 saturated carbocycles. The third-order valence-corrected chi connectivity index (χ3v) is 1.93. The van der Waals surface area contributed by atoms with Gasteiger partial charge >= 0.3 is 5.97 Å². The van der Waals surface area contributed by atoms with Crippen molar-refractivity contribution in [2.24, 2.45) is 0 Å². The zero-order valence-corrected chi connectivity index (χ0v) is 6.35. The van der Waals surface area contributed by atoms with Gasteiger partial charge in [0.05, 0.1) is 13.0 Å². The lowest BCUT2D eigenvalue weighted by Crippen LogP contribution is -2.16. The van der Waals surface area contributed by atoms with Gasteiger partial charge in [-0.15, -0.1) is 0 Å². The number of hydrogen-bond donors (Lipinski definition) is 0. The van der Waals surface area contributed by atoms with Crippen LogP contribution in [-0.4, -0.2) is 13.1 Å². The van der Waals surface area contributed by atoms with Crippen molar-refractivity contribution < 1.29 is 9.53 Å². The molecule has 1 rings (SSSR count). The van der Waals surface area contributed by atoms with Gasteiger partial charge in [-0.3, -0.25) is 4.79 Å². The van der Waals surface area contributed by atoms with Crippen LogP contribution in [0.25, 0.3) is 0 Å². The van der Waals surface area contributed by atoms with Crippen molar-refractivity contribution in [1.82, 2.24) is 0 Å². The van der Waals surface area contributed by atoms with Crippen molar-refractivity contribution in [2.45, 2.75) is 32.1 Å². The largest absolute Gasteiger partial charge is 0.469 e. The van der Waals surface area contributed by atoms with Gasteiger partial charge in [-0.1, -0.05) is 19.3 Å². The van der Waals surface area contributed by atoms with Crippen LogP contribution in [0.15, 0.2) is 0 Å². The Morgan fingerprint density at radius 3 is 2.40 bits per heavy atom. The smallest absolute Gasteiger partial charge is 0.312 e. The molecule has 0 aromatic heterocycles. The number of rotatable bonds is 1. The molecule has 0 atom stereocenters. The quantitative estimate of drug-likeness (QED) is 0.519. The Morgan fingerprint density at radius 2 is 1.90 bits per heavy atom. The molecule has 2 heteroatoms. The second-order valence-electron chi connectivity index (χ2n) is 2.66. The summed E-state index contributed by atoms with van der Waals surface area (Å²) in [5.41, 5.74) is 0. The van der Waals surface area contributed by atoms with Gasteiger partial charge in [0.25, 0.3) is 0 Å². The molecule has 0 N–H and O–H groups in total. The van der Waals surface area contributed by atoms with E-state index in [1.807, 2.05) is 0 Å². The van der Waals surface area contributed by atoms with Crippen molar-refractivity contribution in [3.8, 4) is 0 Å². The van der Waals surface area contributed by atoms with Gasteiger partial charge in [-0.05, 0) is 12.8 Å². The fourth-order valence-electron chi connectivity index (χ4n) is 1.33. The molecular weight excluding hydrogens is 128 g/mol. The Hall–Kier alpha value is -0.530. The normalized spacial score (nSPS) is 20.5. The highest BCUT2D eigenvalue weighted by molar-refractivity contribution is 5.84. The molecule has 0 aliphatic heterocycles. The maximum atomic E-state index is 10.9. The minimum Gasteiger partial charge on any atom is -0.469 e. The van der Waals surface area contributed by atoms with Crippen LogP contribution in [0.3, 0.4) is 0 Å². The van der Waals surface area contributed by atoms with Crippen LogP contribution < -0.4 is 0 Å². The predicted octanol–water partition coefficient (Wildman–Crippen LogP) is 1.70. The van der Waals surface area contributed by atoms with Crippen LogP contribution in [0.1, 0.15) is 32.1 Å². The molecule has 0 spiro atoms. The van der Waals surface area contributed by atoms with Crippen LogP contribution in [0.2, 0.25) is 0 Å². The minimum absolute atomic E-state index is 0.0975. The fraction of sp³-hybridized carbons (Fsp3) is 0.750. The molecule has 1 fully saturated rings. The third kappa shape index (κ3) is 1.72. The molecule has 1 radical (unpaired) electrons. The lowest BCUT2D eigenvalue weighted by atomic mass is 9.89. The zero-order chi connectivity index (χ0) is 7.40. The van der Waals surface area contributed by atoms with Gasteiger partial charge < -0.3 is 4.74 Å². The van der Waals surface area contributed by atoms with Crippen molar-refractivity contribution >= 4 is 5.97 Å². The predicted molar refractivity (Wildman–Crippen MR) is 38.3 cm³/mol. The molecule has 1 aliphatic rings. The monoisotopic (exact) mass is 141 g/mol. The summed E-state index contributed by atoms with van der Waals surface area (Å²) in [5.74, 6) is 0.883. The lowest BCUT2D eigenvalue weighted by molar-refractivity contribution is -0.139. The zero-order valence-electron chi connectivity index (χ0n) is 6.35. The van der Waals surface area contributed by atoms with Crippen LogP contribution >= 0.6 is 0 Å². The maximum Gasteiger partial charge on any atom is 0.312 e. The molecule has 57 valence electrons. The number of carbonyl (C=O) groups is 1. The Kier molecular flexibility index (Phi) is 2.72. The summed E-state index contributed by atoms with van der Waals surface area (Å²) in [6.45, 7) is 0. The van der Waals surface area contributed by atoms with Crippen molar-refractivity contribution in [2.75, 3.05) is 7.11 Å². The van der Waals surface area contributed by atoms with Crippen molar-refractivity contribution in [1.29, 1.82) is 0 Å². The highest BCUT2D eigenvalue weighted by atomic mass is 16.5. The van der Waals surface area contributed by atoms with E-state index in [1.165, 1.54) is 13.5 Å². The van der Waals surface area contributed by atoms with E-state index >= 15 is 0 Å². The van der Waals surface area contributed by atoms with E-state index in [4.69, 9.17) is 0 Å². The highest BCUT2D eigenvalue weighted by Crippen LogP contribution is 2.25. The number of esters is 1. The van der Waals surface area contributed by atoms with Gasteiger partial charge in [-0.25, -0.2) is 0 Å². The molecule has 10 heavy (non-hydrogen) atoms. The number of methoxy groups -OCH3 is 1. The molecule has 0 bridgehead atoms. The van der Waals surface area contributed by atoms with Crippen LogP contribution in [0, 0.1) is 5.92 Å². The first-order chi connectivity index (χ1) is 4.84. The van der Waals surface area contributed by atoms with E-state index in [0.29, 0.717) is 0 Å². The summed E-state index contributed by atoms with van der Waals surface area (Å²) in [4.78, 5) is 10.9. The highest BCUT2D eigenvalue weighted by Gasteiger charge is 2.21. The Bertz CT molecular complexity index is 114. The van der Waals surface area contributed by atoms with E-state index < -0.39 is 0 Å². The second-order valence-corrected chi connectivity index (χ2v) is 2.66. The van der Waals surface area contributed by atoms with E-state index in [1.54, 1.807) is 0 Å². The molecule has 0 heterocycles. The van der Waals surface area contributed by atoms with Gasteiger partial charge in [0, 0.05) is 0 Å². The first-order valence-electron chi connectivity index (χ1n) is 3.77. The lowest BCUT2D eigenvalue weighted by Gasteiger charge is -2.17. The average Bonchev–Trinajstić information content (AvgIpc) is 2.05. The Morgan fingerprint density at radius 1 is 1.30 bits per heavy atom. The summed E-state index contributed by atoms with van der Waals surface area (Å²) >= 11 is 0. The maximum absolute atomic E-state index is 10.9. The van der Waals surface area contributed by atoms with E-state index in [-0.39, 0.29) is 5.97 Å². The third-order valence-electron chi connectivity index (χ3n) is 1.93. The van der Waals surface area contributed by atoms with Crippen molar-refractivity contribution in [3.05, 3.63) is 5.92 Å². The van der Waals surface area contributed by atoms with E-state index in [2.05, 4.69) is 4.74 Å². The van der Waals surface area contributed by atoms with E-state index in [9.17, 15) is 4.79 Å². The number of carbonyl (C=O) groups excluding carboxylic acids is 1. The Labute approximate surface area is 61.6 Å². The molecule has 0 amide bonds. The summed E-state index contributed by atoms with van der Waals surface area (Å²) in [6.07, 6.45) is 5.48. The van der Waals surface area contributed by atoms with Gasteiger partial charge in [0.15, 0.2) is 0 Å². The van der Waals surface area contributed by atoms with Crippen LogP contribution in [-0.2, 0) is 9.53 Å². The molecule has 0 aromatic rings. The minimum atomic E-state index is -0.0975. The molecule has 0 aromatic carbocycles. The SMILES string of the molecule is COC(=O)[C]1CCCCC1. The number of hydrogen-bond acceptors (Lipinski definition) is 2. The molecule has 1 aliphatic carbocycles. The molecular formula is C8H13O2. The standard InChI is InChI=1S/C8H13O2/c1-10-8(9)7-5-3-2-4-6-7/h2-6H2,1H3. The van der Waals surface area contributed by atoms with Crippen molar-refractivity contribution in [3.63, 3.8) is 0 Å². The second kappa shape index (κ2) is 3.59. The fourth-order valence-corrected chi connectivity index (χ4v) is 1.33. The summed E-state index contributed by atoms with van der Waals surface area (Å²) in [6, 6.07) is 0. The topological polar surface area (TPSA) is 26.3 Å². The first-order valence-corrected chi connectivity index (χ1v) is 3.77. The van der Waals surface area contributed by atoms with Crippen LogP contribution in [0.4, 0.5) is 0 Å². The average molecular weight is 141 g/mol. The van der Waals surface area contributed by atoms with Gasteiger partial charge in [0.2, 0.25) is 0 Å².